The van der Waals surface area contributed by atoms with Crippen molar-refractivity contribution in [3.8, 4) is 0 Å². The number of rotatable bonds is 30. The second-order valence-corrected chi connectivity index (χ2v) is 12.1. The third-order valence-corrected chi connectivity index (χ3v) is 7.58. The van der Waals surface area contributed by atoms with E-state index in [9.17, 15) is 14.7 Å². The fourth-order valence-electron chi connectivity index (χ4n) is 4.97. The van der Waals surface area contributed by atoms with E-state index >= 15 is 0 Å². The van der Waals surface area contributed by atoms with E-state index < -0.39 is 6.10 Å². The van der Waals surface area contributed by atoms with Crippen LogP contribution in [0.3, 0.4) is 0 Å². The molecule has 1 N–H and O–H groups in total. The number of aliphatic hydroxyl groups excluding tert-OH is 1. The van der Waals surface area contributed by atoms with Crippen LogP contribution in [0.15, 0.2) is 0 Å². The Balaban J connectivity index is 3.55. The van der Waals surface area contributed by atoms with E-state index in [1.807, 2.05) is 0 Å². The molecule has 0 bridgehead atoms. The lowest BCUT2D eigenvalue weighted by molar-refractivity contribution is -0.161. The van der Waals surface area contributed by atoms with E-state index in [1.165, 1.54) is 109 Å². The SMILES string of the molecule is CCCCCCCCCCCCCCC(=O)O[C@@H](CO)COC(=O)CCCCCCCCCCCCC(C)C. The fourth-order valence-corrected chi connectivity index (χ4v) is 4.97. The molecule has 5 nitrogen and oxygen atoms in total. The molecule has 0 aliphatic heterocycles. The molecule has 0 spiro atoms. The van der Waals surface area contributed by atoms with Gasteiger partial charge in [-0.2, -0.15) is 0 Å². The topological polar surface area (TPSA) is 72.8 Å². The van der Waals surface area contributed by atoms with Gasteiger partial charge in [-0.15, -0.1) is 0 Å². The Bertz CT molecular complexity index is 534. The average Bonchev–Trinajstić information content (AvgIpc) is 2.92. The molecular formula is C34H66O5. The van der Waals surface area contributed by atoms with Crippen molar-refractivity contribution in [3.63, 3.8) is 0 Å². The maximum absolute atomic E-state index is 12.1. The van der Waals surface area contributed by atoms with Gasteiger partial charge in [0.25, 0.3) is 0 Å². The third kappa shape index (κ3) is 29.7. The first-order valence-corrected chi connectivity index (χ1v) is 17.0. The van der Waals surface area contributed by atoms with Crippen LogP contribution in [-0.2, 0) is 19.1 Å². The van der Waals surface area contributed by atoms with Crippen LogP contribution in [-0.4, -0.2) is 36.4 Å². The Kier molecular flexibility index (Phi) is 29.0. The largest absolute Gasteiger partial charge is 0.462 e. The Labute approximate surface area is 242 Å². The number of carbonyl (C=O) groups excluding carboxylic acids is 2. The van der Waals surface area contributed by atoms with E-state index in [-0.39, 0.29) is 25.2 Å². The highest BCUT2D eigenvalue weighted by Gasteiger charge is 2.16. The molecule has 0 rings (SSSR count). The smallest absolute Gasteiger partial charge is 0.306 e. The highest BCUT2D eigenvalue weighted by molar-refractivity contribution is 5.70. The van der Waals surface area contributed by atoms with Gasteiger partial charge in [-0.3, -0.25) is 9.59 Å². The van der Waals surface area contributed by atoms with Gasteiger partial charge < -0.3 is 14.6 Å². The Morgan fingerprint density at radius 3 is 1.36 bits per heavy atom. The molecule has 0 amide bonds. The Morgan fingerprint density at radius 1 is 0.564 bits per heavy atom. The van der Waals surface area contributed by atoms with Gasteiger partial charge in [0.05, 0.1) is 6.61 Å². The lowest BCUT2D eigenvalue weighted by Gasteiger charge is -2.15. The summed E-state index contributed by atoms with van der Waals surface area (Å²) in [6, 6.07) is 0. The zero-order valence-corrected chi connectivity index (χ0v) is 26.3. The molecule has 0 aliphatic rings. The van der Waals surface area contributed by atoms with E-state index in [2.05, 4.69) is 20.8 Å². The summed E-state index contributed by atoms with van der Waals surface area (Å²) in [5.74, 6) is 0.245. The van der Waals surface area contributed by atoms with Crippen LogP contribution in [0.5, 0.6) is 0 Å². The number of carbonyl (C=O) groups is 2. The van der Waals surface area contributed by atoms with Gasteiger partial charge in [0.1, 0.15) is 6.61 Å². The minimum atomic E-state index is -0.760. The van der Waals surface area contributed by atoms with Gasteiger partial charge >= 0.3 is 11.9 Å². The molecule has 0 saturated carbocycles. The number of esters is 2. The average molecular weight is 555 g/mol. The summed E-state index contributed by atoms with van der Waals surface area (Å²) >= 11 is 0. The molecule has 0 unspecified atom stereocenters. The van der Waals surface area contributed by atoms with E-state index in [0.717, 1.165) is 44.4 Å². The molecule has 39 heavy (non-hydrogen) atoms. The Hall–Kier alpha value is -1.10. The first kappa shape index (κ1) is 37.9. The van der Waals surface area contributed by atoms with Crippen molar-refractivity contribution in [1.29, 1.82) is 0 Å². The van der Waals surface area contributed by atoms with Crippen molar-refractivity contribution in [2.45, 2.75) is 187 Å². The minimum Gasteiger partial charge on any atom is -0.462 e. The van der Waals surface area contributed by atoms with Crippen LogP contribution >= 0.6 is 0 Å². The molecule has 0 saturated heterocycles. The Morgan fingerprint density at radius 2 is 0.949 bits per heavy atom. The predicted molar refractivity (Wildman–Crippen MR) is 164 cm³/mol. The first-order chi connectivity index (χ1) is 19.0. The van der Waals surface area contributed by atoms with Crippen molar-refractivity contribution < 1.29 is 24.2 Å². The second kappa shape index (κ2) is 29.9. The number of ether oxygens (including phenoxy) is 2. The molecule has 5 heteroatoms. The molecule has 0 aromatic rings. The van der Waals surface area contributed by atoms with Gasteiger partial charge in [0, 0.05) is 12.8 Å². The molecule has 0 radical (unpaired) electrons. The third-order valence-electron chi connectivity index (χ3n) is 7.58. The highest BCUT2D eigenvalue weighted by atomic mass is 16.6. The highest BCUT2D eigenvalue weighted by Crippen LogP contribution is 2.15. The van der Waals surface area contributed by atoms with Crippen LogP contribution in [0.2, 0.25) is 0 Å². The lowest BCUT2D eigenvalue weighted by Crippen LogP contribution is -2.28. The maximum Gasteiger partial charge on any atom is 0.306 e. The molecule has 0 aliphatic carbocycles. The van der Waals surface area contributed by atoms with E-state index in [1.54, 1.807) is 0 Å². The number of hydrogen-bond donors (Lipinski definition) is 1. The first-order valence-electron chi connectivity index (χ1n) is 17.0. The summed E-state index contributed by atoms with van der Waals surface area (Å²) < 4.78 is 10.5. The van der Waals surface area contributed by atoms with Crippen LogP contribution in [0, 0.1) is 5.92 Å². The number of unbranched alkanes of at least 4 members (excludes halogenated alkanes) is 20. The molecular weight excluding hydrogens is 488 g/mol. The maximum atomic E-state index is 12.1. The molecule has 1 atom stereocenters. The number of aliphatic hydroxyl groups is 1. The van der Waals surface area contributed by atoms with Gasteiger partial charge in [-0.05, 0) is 18.8 Å². The van der Waals surface area contributed by atoms with Crippen LogP contribution in [0.1, 0.15) is 181 Å². The molecule has 0 aromatic carbocycles. The minimum absolute atomic E-state index is 0.0588. The second-order valence-electron chi connectivity index (χ2n) is 12.1. The summed E-state index contributed by atoms with van der Waals surface area (Å²) in [6.07, 6.45) is 28.7. The van der Waals surface area contributed by atoms with E-state index in [4.69, 9.17) is 9.47 Å². The molecule has 0 fully saturated rings. The van der Waals surface area contributed by atoms with Crippen molar-refractivity contribution in [2.75, 3.05) is 13.2 Å². The zero-order valence-electron chi connectivity index (χ0n) is 26.3. The van der Waals surface area contributed by atoms with Crippen molar-refractivity contribution in [2.24, 2.45) is 5.92 Å². The van der Waals surface area contributed by atoms with Gasteiger partial charge in [0.15, 0.2) is 6.10 Å². The quantitative estimate of drug-likeness (QED) is 0.0706. The van der Waals surface area contributed by atoms with Crippen LogP contribution in [0.25, 0.3) is 0 Å². The van der Waals surface area contributed by atoms with Crippen molar-refractivity contribution >= 4 is 11.9 Å². The summed E-state index contributed by atoms with van der Waals surface area (Å²) in [5.41, 5.74) is 0. The molecule has 232 valence electrons. The number of hydrogen-bond acceptors (Lipinski definition) is 5. The predicted octanol–water partition coefficient (Wildman–Crippen LogP) is 9.86. The van der Waals surface area contributed by atoms with Crippen LogP contribution < -0.4 is 0 Å². The summed E-state index contributed by atoms with van der Waals surface area (Å²) in [4.78, 5) is 24.1. The fraction of sp³-hybridized carbons (Fsp3) is 0.941. The van der Waals surface area contributed by atoms with Crippen molar-refractivity contribution in [1.82, 2.24) is 0 Å². The summed E-state index contributed by atoms with van der Waals surface area (Å²) in [5, 5.41) is 9.49. The molecule has 0 aromatic heterocycles. The summed E-state index contributed by atoms with van der Waals surface area (Å²) in [7, 11) is 0. The van der Waals surface area contributed by atoms with Crippen molar-refractivity contribution in [3.05, 3.63) is 0 Å². The molecule has 0 heterocycles. The monoisotopic (exact) mass is 554 g/mol. The van der Waals surface area contributed by atoms with Gasteiger partial charge in [-0.25, -0.2) is 0 Å². The summed E-state index contributed by atoms with van der Waals surface area (Å²) in [6.45, 7) is 6.46. The van der Waals surface area contributed by atoms with Gasteiger partial charge in [-0.1, -0.05) is 156 Å². The van der Waals surface area contributed by atoms with Gasteiger partial charge in [0.2, 0.25) is 0 Å². The normalized spacial score (nSPS) is 12.1. The zero-order chi connectivity index (χ0) is 28.8. The van der Waals surface area contributed by atoms with E-state index in [0.29, 0.717) is 12.8 Å². The standard InChI is InChI=1S/C34H66O5/c1-4-5-6-7-8-9-10-11-16-19-22-25-28-34(37)39-32(29-35)30-38-33(36)27-24-21-18-15-13-12-14-17-20-23-26-31(2)3/h31-32,35H,4-30H2,1-3H3/t32-/m0/s1. The van der Waals surface area contributed by atoms with Crippen LogP contribution in [0.4, 0.5) is 0 Å². The lowest BCUT2D eigenvalue weighted by atomic mass is 10.0.